The van der Waals surface area contributed by atoms with Crippen LogP contribution in [0.5, 0.6) is 0 Å². The topological polar surface area (TPSA) is 117 Å². The van der Waals surface area contributed by atoms with Gasteiger partial charge in [-0.3, -0.25) is 10.1 Å². The Hall–Kier alpha value is -2.74. The third-order valence-corrected chi connectivity index (χ3v) is 3.41. The van der Waals surface area contributed by atoms with Crippen LogP contribution in [0.1, 0.15) is 36.0 Å². The number of carboxylic acid groups (broad SMARTS) is 2. The monoisotopic (exact) mass is 306 g/mol. The Balaban J connectivity index is 2.39. The predicted octanol–water partition coefficient (Wildman–Crippen LogP) is 2.10. The number of carboxylic acids is 2. The number of benzene rings is 1. The van der Waals surface area contributed by atoms with Crippen molar-refractivity contribution >= 4 is 34.3 Å². The minimum Gasteiger partial charge on any atom is -0.478 e. The maximum atomic E-state index is 12.1. The SMILES string of the molecule is Cc1cnc(NC(=O)c2cc(C(=O)O)ccc2C(=O)O)s1. The van der Waals surface area contributed by atoms with E-state index in [1.54, 1.807) is 13.1 Å². The summed E-state index contributed by atoms with van der Waals surface area (Å²) < 4.78 is 0. The minimum absolute atomic E-state index is 0.166. The normalized spacial score (nSPS) is 10.1. The molecule has 0 radical (unpaired) electrons. The van der Waals surface area contributed by atoms with Gasteiger partial charge in [-0.1, -0.05) is 0 Å². The van der Waals surface area contributed by atoms with E-state index in [4.69, 9.17) is 10.2 Å². The second-order valence-corrected chi connectivity index (χ2v) is 5.34. The van der Waals surface area contributed by atoms with Crippen molar-refractivity contribution in [2.45, 2.75) is 6.92 Å². The van der Waals surface area contributed by atoms with E-state index < -0.39 is 17.8 Å². The first-order valence-electron chi connectivity index (χ1n) is 5.73. The zero-order valence-electron chi connectivity index (χ0n) is 10.8. The molecule has 0 atom stereocenters. The first-order valence-corrected chi connectivity index (χ1v) is 6.54. The fourth-order valence-corrected chi connectivity index (χ4v) is 2.29. The standard InChI is InChI=1S/C13H10N2O5S/c1-6-5-14-13(21-6)15-10(16)9-4-7(11(17)18)2-3-8(9)12(19)20/h2-5H,1H3,(H,17,18)(H,19,20)(H,14,15,16). The Morgan fingerprint density at radius 3 is 2.38 bits per heavy atom. The summed E-state index contributed by atoms with van der Waals surface area (Å²) in [5, 5.41) is 20.8. The number of aromatic carboxylic acids is 2. The number of nitrogens with one attached hydrogen (secondary N) is 1. The van der Waals surface area contributed by atoms with Gasteiger partial charge < -0.3 is 10.2 Å². The van der Waals surface area contributed by atoms with Crippen LogP contribution in [0.2, 0.25) is 0 Å². The summed E-state index contributed by atoms with van der Waals surface area (Å²) in [5.41, 5.74) is -0.665. The molecule has 0 fully saturated rings. The summed E-state index contributed by atoms with van der Waals surface area (Å²) in [6.07, 6.45) is 1.56. The number of hydrogen-bond acceptors (Lipinski definition) is 5. The first-order chi connectivity index (χ1) is 9.88. The van der Waals surface area contributed by atoms with Crippen LogP contribution in [0.15, 0.2) is 24.4 Å². The van der Waals surface area contributed by atoms with E-state index in [0.717, 1.165) is 23.1 Å². The van der Waals surface area contributed by atoms with E-state index in [1.165, 1.54) is 11.3 Å². The lowest BCUT2D eigenvalue weighted by atomic mass is 10.0. The first kappa shape index (κ1) is 14.7. The molecule has 1 aromatic carbocycles. The number of hydrogen-bond donors (Lipinski definition) is 3. The quantitative estimate of drug-likeness (QED) is 0.796. The highest BCUT2D eigenvalue weighted by Gasteiger charge is 2.19. The van der Waals surface area contributed by atoms with Gasteiger partial charge in [0, 0.05) is 11.1 Å². The van der Waals surface area contributed by atoms with Crippen molar-refractivity contribution in [1.82, 2.24) is 4.98 Å². The molecular formula is C13H10N2O5S. The molecule has 0 aliphatic rings. The lowest BCUT2D eigenvalue weighted by molar-refractivity contribution is 0.0679. The van der Waals surface area contributed by atoms with Crippen LogP contribution in [0.25, 0.3) is 0 Å². The third-order valence-electron chi connectivity index (χ3n) is 2.58. The summed E-state index contributed by atoms with van der Waals surface area (Å²) in [6, 6.07) is 3.26. The molecule has 0 aliphatic heterocycles. The Kier molecular flexibility index (Phi) is 3.99. The van der Waals surface area contributed by atoms with Gasteiger partial charge in [0.15, 0.2) is 5.13 Å². The second kappa shape index (κ2) is 5.71. The van der Waals surface area contributed by atoms with E-state index >= 15 is 0 Å². The molecule has 0 spiro atoms. The zero-order chi connectivity index (χ0) is 15.6. The molecule has 108 valence electrons. The van der Waals surface area contributed by atoms with Crippen LogP contribution >= 0.6 is 11.3 Å². The summed E-state index contributed by atoms with van der Waals surface area (Å²) in [6.45, 7) is 1.81. The molecule has 21 heavy (non-hydrogen) atoms. The summed E-state index contributed by atoms with van der Waals surface area (Å²) in [5.74, 6) is -3.27. The number of thiazole rings is 1. The van der Waals surface area contributed by atoms with Gasteiger partial charge in [-0.25, -0.2) is 14.6 Å². The Labute approximate surface area is 122 Å². The average molecular weight is 306 g/mol. The molecule has 0 saturated heterocycles. The number of anilines is 1. The van der Waals surface area contributed by atoms with Gasteiger partial charge in [-0.05, 0) is 25.1 Å². The van der Waals surface area contributed by atoms with Crippen molar-refractivity contribution in [1.29, 1.82) is 0 Å². The van der Waals surface area contributed by atoms with E-state index in [1.807, 2.05) is 0 Å². The van der Waals surface area contributed by atoms with Crippen LogP contribution in [0, 0.1) is 6.92 Å². The number of aromatic nitrogens is 1. The van der Waals surface area contributed by atoms with E-state index in [9.17, 15) is 14.4 Å². The lowest BCUT2D eigenvalue weighted by Gasteiger charge is -2.07. The Bertz CT molecular complexity index is 738. The van der Waals surface area contributed by atoms with Crippen molar-refractivity contribution in [3.8, 4) is 0 Å². The van der Waals surface area contributed by atoms with Gasteiger partial charge in [0.1, 0.15) is 0 Å². The van der Waals surface area contributed by atoms with Crippen LogP contribution in [-0.2, 0) is 0 Å². The molecule has 3 N–H and O–H groups in total. The van der Waals surface area contributed by atoms with Crippen LogP contribution in [0.4, 0.5) is 5.13 Å². The summed E-state index contributed by atoms with van der Waals surface area (Å²) >= 11 is 1.23. The van der Waals surface area contributed by atoms with Gasteiger partial charge in [-0.15, -0.1) is 11.3 Å². The number of rotatable bonds is 4. The number of aryl methyl sites for hydroxylation is 1. The molecule has 1 heterocycles. The molecule has 1 aromatic heterocycles. The number of carbonyl (C=O) groups is 3. The number of amides is 1. The number of nitrogens with zero attached hydrogens (tertiary/aromatic N) is 1. The number of carbonyl (C=O) groups excluding carboxylic acids is 1. The van der Waals surface area contributed by atoms with Crippen molar-refractivity contribution in [3.63, 3.8) is 0 Å². The van der Waals surface area contributed by atoms with E-state index in [2.05, 4.69) is 10.3 Å². The molecule has 0 aliphatic carbocycles. The highest BCUT2D eigenvalue weighted by atomic mass is 32.1. The fourth-order valence-electron chi connectivity index (χ4n) is 1.63. The highest BCUT2D eigenvalue weighted by Crippen LogP contribution is 2.19. The molecular weight excluding hydrogens is 296 g/mol. The lowest BCUT2D eigenvalue weighted by Crippen LogP contribution is -2.17. The second-order valence-electron chi connectivity index (χ2n) is 4.10. The van der Waals surface area contributed by atoms with Crippen molar-refractivity contribution in [2.75, 3.05) is 5.32 Å². The highest BCUT2D eigenvalue weighted by molar-refractivity contribution is 7.15. The van der Waals surface area contributed by atoms with Crippen molar-refractivity contribution in [2.24, 2.45) is 0 Å². The average Bonchev–Trinajstić information content (AvgIpc) is 2.83. The van der Waals surface area contributed by atoms with Gasteiger partial charge in [-0.2, -0.15) is 0 Å². The van der Waals surface area contributed by atoms with Crippen molar-refractivity contribution < 1.29 is 24.6 Å². The maximum Gasteiger partial charge on any atom is 0.336 e. The van der Waals surface area contributed by atoms with Crippen LogP contribution in [-0.4, -0.2) is 33.0 Å². The van der Waals surface area contributed by atoms with Gasteiger partial charge in [0.2, 0.25) is 0 Å². The molecule has 0 unspecified atom stereocenters. The van der Waals surface area contributed by atoms with E-state index in [0.29, 0.717) is 5.13 Å². The predicted molar refractivity (Wildman–Crippen MR) is 75.2 cm³/mol. The molecule has 0 saturated carbocycles. The maximum absolute atomic E-state index is 12.1. The van der Waals surface area contributed by atoms with Crippen LogP contribution < -0.4 is 5.32 Å². The minimum atomic E-state index is -1.31. The molecule has 7 nitrogen and oxygen atoms in total. The van der Waals surface area contributed by atoms with Crippen LogP contribution in [0.3, 0.4) is 0 Å². The third kappa shape index (κ3) is 3.23. The molecule has 0 bridgehead atoms. The molecule has 1 amide bonds. The molecule has 2 rings (SSSR count). The van der Waals surface area contributed by atoms with Gasteiger partial charge >= 0.3 is 11.9 Å². The van der Waals surface area contributed by atoms with E-state index in [-0.39, 0.29) is 16.7 Å². The Morgan fingerprint density at radius 1 is 1.14 bits per heavy atom. The zero-order valence-corrected chi connectivity index (χ0v) is 11.6. The Morgan fingerprint density at radius 2 is 1.86 bits per heavy atom. The smallest absolute Gasteiger partial charge is 0.336 e. The fraction of sp³-hybridized carbons (Fsp3) is 0.0769. The summed E-state index contributed by atoms with van der Waals surface area (Å²) in [4.78, 5) is 39.0. The van der Waals surface area contributed by atoms with Gasteiger partial charge in [0.25, 0.3) is 5.91 Å². The van der Waals surface area contributed by atoms with Crippen molar-refractivity contribution in [3.05, 3.63) is 46.0 Å². The summed E-state index contributed by atoms with van der Waals surface area (Å²) in [7, 11) is 0. The van der Waals surface area contributed by atoms with Gasteiger partial charge in [0.05, 0.1) is 16.7 Å². The molecule has 8 heteroatoms. The molecule has 2 aromatic rings. The largest absolute Gasteiger partial charge is 0.478 e.